The van der Waals surface area contributed by atoms with Gasteiger partial charge in [0.1, 0.15) is 0 Å². The van der Waals surface area contributed by atoms with E-state index in [1.165, 1.54) is 0 Å². The highest BCUT2D eigenvalue weighted by molar-refractivity contribution is 5.70. The second-order valence-corrected chi connectivity index (χ2v) is 5.63. The van der Waals surface area contributed by atoms with E-state index in [0.717, 1.165) is 19.3 Å². The minimum atomic E-state index is -0.348. The monoisotopic (exact) mass is 293 g/mol. The minimum absolute atomic E-state index is 0.0461. The van der Waals surface area contributed by atoms with Gasteiger partial charge in [-0.1, -0.05) is 0 Å². The molecule has 0 aliphatic heterocycles. The van der Waals surface area contributed by atoms with Gasteiger partial charge < -0.3 is 20.5 Å². The number of H-pyrrole nitrogens is 1. The van der Waals surface area contributed by atoms with E-state index in [0.29, 0.717) is 5.65 Å². The Bertz CT molecular complexity index is 695. The predicted molar refractivity (Wildman–Crippen MR) is 76.6 cm³/mol. The number of hydrogen-bond donors (Lipinski definition) is 4. The molecule has 0 unspecified atom stereocenters. The van der Waals surface area contributed by atoms with E-state index in [-0.39, 0.29) is 48.1 Å². The molecule has 0 saturated heterocycles. The van der Waals surface area contributed by atoms with Crippen LogP contribution in [0.2, 0.25) is 0 Å². The number of rotatable bonds is 3. The van der Waals surface area contributed by atoms with Crippen LogP contribution in [0.5, 0.6) is 0 Å². The summed E-state index contributed by atoms with van der Waals surface area (Å²) in [5, 5.41) is 18.8. The normalized spacial score (nSPS) is 26.3. The van der Waals surface area contributed by atoms with Gasteiger partial charge >= 0.3 is 0 Å². The van der Waals surface area contributed by atoms with E-state index in [1.807, 2.05) is 4.57 Å². The van der Waals surface area contributed by atoms with Crippen molar-refractivity contribution in [2.75, 3.05) is 18.9 Å². The number of aliphatic hydroxyl groups excluding tert-OH is 2. The predicted octanol–water partition coefficient (Wildman–Crippen LogP) is -0.356. The number of aromatic nitrogens is 4. The number of nitrogen functional groups attached to an aromatic ring is 1. The summed E-state index contributed by atoms with van der Waals surface area (Å²) < 4.78 is 1.86. The zero-order chi connectivity index (χ0) is 15.0. The molecule has 3 atom stereocenters. The molecule has 2 aromatic heterocycles. The highest BCUT2D eigenvalue weighted by atomic mass is 16.3. The largest absolute Gasteiger partial charge is 0.396 e. The summed E-state index contributed by atoms with van der Waals surface area (Å²) in [7, 11) is 0. The fourth-order valence-corrected chi connectivity index (χ4v) is 3.23. The molecular formula is C13H19N5O3. The van der Waals surface area contributed by atoms with Crippen LogP contribution in [-0.4, -0.2) is 42.9 Å². The molecule has 0 radical (unpaired) electrons. The molecule has 1 saturated carbocycles. The lowest BCUT2D eigenvalue weighted by Crippen LogP contribution is -2.31. The Balaban J connectivity index is 1.96. The van der Waals surface area contributed by atoms with Crippen LogP contribution in [0.15, 0.2) is 11.1 Å². The summed E-state index contributed by atoms with van der Waals surface area (Å²) in [4.78, 5) is 22.5. The number of aliphatic hydroxyl groups is 2. The molecule has 2 aromatic rings. The van der Waals surface area contributed by atoms with Crippen LogP contribution in [0, 0.1) is 11.8 Å². The van der Waals surface area contributed by atoms with Crippen molar-refractivity contribution in [3.8, 4) is 0 Å². The van der Waals surface area contributed by atoms with Gasteiger partial charge in [-0.25, -0.2) is 4.98 Å². The summed E-state index contributed by atoms with van der Waals surface area (Å²) in [6, 6.07) is 0.101. The first kappa shape index (κ1) is 14.0. The van der Waals surface area contributed by atoms with Gasteiger partial charge in [-0.15, -0.1) is 0 Å². The van der Waals surface area contributed by atoms with Gasteiger partial charge in [0.15, 0.2) is 11.2 Å². The molecule has 3 rings (SSSR count). The first-order valence-corrected chi connectivity index (χ1v) is 7.08. The Morgan fingerprint density at radius 2 is 2.10 bits per heavy atom. The van der Waals surface area contributed by atoms with Crippen LogP contribution < -0.4 is 11.3 Å². The van der Waals surface area contributed by atoms with Crippen molar-refractivity contribution in [3.05, 3.63) is 16.7 Å². The van der Waals surface area contributed by atoms with E-state index in [1.54, 1.807) is 6.33 Å². The standard InChI is InChI=1S/C13H19N5O3/c14-13-16-11-10(12(21)17-13)15-6-18(11)9-2-1-7(4-19)8(3-9)5-20/h6-9,19-20H,1-5H2,(H3,14,16,17,21)/t7-,8+,9+/m1/s1. The maximum Gasteiger partial charge on any atom is 0.280 e. The van der Waals surface area contributed by atoms with Crippen LogP contribution in [-0.2, 0) is 0 Å². The van der Waals surface area contributed by atoms with Crippen molar-refractivity contribution in [1.82, 2.24) is 19.5 Å². The molecule has 8 heteroatoms. The van der Waals surface area contributed by atoms with Gasteiger partial charge in [0.05, 0.1) is 6.33 Å². The van der Waals surface area contributed by atoms with Gasteiger partial charge in [0, 0.05) is 19.3 Å². The lowest BCUT2D eigenvalue weighted by atomic mass is 9.77. The molecule has 0 amide bonds. The number of anilines is 1. The van der Waals surface area contributed by atoms with Crippen LogP contribution in [0.4, 0.5) is 5.95 Å². The van der Waals surface area contributed by atoms with Crippen LogP contribution >= 0.6 is 0 Å². The van der Waals surface area contributed by atoms with E-state index in [4.69, 9.17) is 5.73 Å². The lowest BCUT2D eigenvalue weighted by Gasteiger charge is -2.34. The molecule has 1 aliphatic rings. The first-order chi connectivity index (χ1) is 10.1. The Morgan fingerprint density at radius 1 is 1.33 bits per heavy atom. The molecule has 114 valence electrons. The number of fused-ring (bicyclic) bond motifs is 1. The zero-order valence-corrected chi connectivity index (χ0v) is 11.6. The second kappa shape index (κ2) is 5.45. The van der Waals surface area contributed by atoms with Crippen molar-refractivity contribution in [1.29, 1.82) is 0 Å². The average Bonchev–Trinajstić information content (AvgIpc) is 2.90. The Kier molecular flexibility index (Phi) is 3.64. The third kappa shape index (κ3) is 2.40. The van der Waals surface area contributed by atoms with Gasteiger partial charge in [0.25, 0.3) is 5.56 Å². The van der Waals surface area contributed by atoms with Gasteiger partial charge in [0.2, 0.25) is 5.95 Å². The molecule has 1 aliphatic carbocycles. The van der Waals surface area contributed by atoms with Crippen molar-refractivity contribution in [2.45, 2.75) is 25.3 Å². The molecular weight excluding hydrogens is 274 g/mol. The molecule has 2 heterocycles. The molecule has 0 aromatic carbocycles. The highest BCUT2D eigenvalue weighted by Crippen LogP contribution is 2.37. The van der Waals surface area contributed by atoms with Gasteiger partial charge in [-0.3, -0.25) is 9.78 Å². The van der Waals surface area contributed by atoms with E-state index < -0.39 is 0 Å². The van der Waals surface area contributed by atoms with Crippen molar-refractivity contribution >= 4 is 17.1 Å². The summed E-state index contributed by atoms with van der Waals surface area (Å²) in [6.07, 6.45) is 4.00. The fraction of sp³-hybridized carbons (Fsp3) is 0.615. The maximum atomic E-state index is 11.8. The molecule has 1 fully saturated rings. The summed E-state index contributed by atoms with van der Waals surface area (Å²) in [6.45, 7) is 0.137. The molecule has 8 nitrogen and oxygen atoms in total. The Morgan fingerprint density at radius 3 is 2.81 bits per heavy atom. The van der Waals surface area contributed by atoms with Crippen molar-refractivity contribution in [2.24, 2.45) is 11.8 Å². The molecule has 0 bridgehead atoms. The smallest absolute Gasteiger partial charge is 0.280 e. The number of imidazole rings is 1. The maximum absolute atomic E-state index is 11.8. The summed E-state index contributed by atoms with van der Waals surface area (Å²) in [5.74, 6) is 0.241. The first-order valence-electron chi connectivity index (χ1n) is 7.08. The number of aromatic amines is 1. The second-order valence-electron chi connectivity index (χ2n) is 5.63. The third-order valence-corrected chi connectivity index (χ3v) is 4.43. The summed E-state index contributed by atoms with van der Waals surface area (Å²) in [5.41, 5.74) is 6.00. The highest BCUT2D eigenvalue weighted by Gasteiger charge is 2.31. The van der Waals surface area contributed by atoms with E-state index >= 15 is 0 Å². The van der Waals surface area contributed by atoms with Crippen LogP contribution in [0.25, 0.3) is 11.2 Å². The van der Waals surface area contributed by atoms with E-state index in [9.17, 15) is 15.0 Å². The minimum Gasteiger partial charge on any atom is -0.396 e. The Labute approximate surface area is 120 Å². The molecule has 0 spiro atoms. The fourth-order valence-electron chi connectivity index (χ4n) is 3.23. The van der Waals surface area contributed by atoms with Crippen molar-refractivity contribution < 1.29 is 10.2 Å². The molecule has 5 N–H and O–H groups in total. The lowest BCUT2D eigenvalue weighted by molar-refractivity contribution is 0.0678. The Hall–Kier alpha value is -1.93. The summed E-state index contributed by atoms with van der Waals surface area (Å²) >= 11 is 0. The number of nitrogens with one attached hydrogen (secondary N) is 1. The van der Waals surface area contributed by atoms with Crippen LogP contribution in [0.1, 0.15) is 25.3 Å². The number of hydrogen-bond acceptors (Lipinski definition) is 6. The van der Waals surface area contributed by atoms with Crippen molar-refractivity contribution in [3.63, 3.8) is 0 Å². The molecule has 21 heavy (non-hydrogen) atoms. The topological polar surface area (TPSA) is 130 Å². The number of nitrogens with two attached hydrogens (primary N) is 1. The van der Waals surface area contributed by atoms with Gasteiger partial charge in [-0.05, 0) is 31.1 Å². The van der Waals surface area contributed by atoms with Crippen LogP contribution in [0.3, 0.4) is 0 Å². The zero-order valence-electron chi connectivity index (χ0n) is 11.6. The SMILES string of the molecule is Nc1nc2c(ncn2[C@H]2CC[C@H](CO)[C@H](CO)C2)c(=O)[nH]1. The number of nitrogens with zero attached hydrogens (tertiary/aromatic N) is 3. The van der Waals surface area contributed by atoms with E-state index in [2.05, 4.69) is 15.0 Å². The average molecular weight is 293 g/mol. The van der Waals surface area contributed by atoms with Gasteiger partial charge in [-0.2, -0.15) is 4.98 Å². The third-order valence-electron chi connectivity index (χ3n) is 4.43. The quantitative estimate of drug-likeness (QED) is 0.611.